The smallest absolute Gasteiger partial charge is 0.287 e. The molecule has 1 aliphatic rings. The Labute approximate surface area is 121 Å². The lowest BCUT2D eigenvalue weighted by Crippen LogP contribution is -2.50. The topological polar surface area (TPSA) is 81.5 Å². The number of ether oxygens (including phenoxy) is 1. The van der Waals surface area contributed by atoms with E-state index in [-0.39, 0.29) is 22.7 Å². The third-order valence-electron chi connectivity index (χ3n) is 3.69. The van der Waals surface area contributed by atoms with Crippen molar-refractivity contribution in [2.75, 3.05) is 6.61 Å². The van der Waals surface area contributed by atoms with Crippen LogP contribution in [-0.2, 0) is 4.74 Å². The zero-order valence-corrected chi connectivity index (χ0v) is 11.9. The van der Waals surface area contributed by atoms with Crippen LogP contribution in [0, 0.1) is 10.1 Å². The molecule has 0 spiro atoms. The number of benzene rings is 1. The van der Waals surface area contributed by atoms with E-state index in [1.165, 1.54) is 18.2 Å². The van der Waals surface area contributed by atoms with Gasteiger partial charge in [0.1, 0.15) is 5.02 Å². The summed E-state index contributed by atoms with van der Waals surface area (Å²) < 4.78 is 5.45. The number of nitro groups is 1. The van der Waals surface area contributed by atoms with Crippen LogP contribution >= 0.6 is 11.6 Å². The molecule has 0 saturated carbocycles. The lowest BCUT2D eigenvalue weighted by atomic mass is 9.94. The first-order valence-corrected chi connectivity index (χ1v) is 6.59. The van der Waals surface area contributed by atoms with E-state index < -0.39 is 10.5 Å². The van der Waals surface area contributed by atoms with Crippen LogP contribution in [0.4, 0.5) is 5.69 Å². The molecule has 0 bridgehead atoms. The Hall–Kier alpha value is -1.66. The van der Waals surface area contributed by atoms with Crippen molar-refractivity contribution in [3.8, 4) is 0 Å². The second-order valence-corrected chi connectivity index (χ2v) is 5.47. The summed E-state index contributed by atoms with van der Waals surface area (Å²) >= 11 is 5.80. The van der Waals surface area contributed by atoms with Gasteiger partial charge in [0.15, 0.2) is 0 Å². The number of nitrogens with one attached hydrogen (secondary N) is 1. The van der Waals surface area contributed by atoms with Gasteiger partial charge in [0, 0.05) is 18.2 Å². The van der Waals surface area contributed by atoms with Crippen molar-refractivity contribution in [3.63, 3.8) is 0 Å². The molecule has 0 aromatic heterocycles. The van der Waals surface area contributed by atoms with E-state index in [2.05, 4.69) is 5.32 Å². The van der Waals surface area contributed by atoms with E-state index >= 15 is 0 Å². The Morgan fingerprint density at radius 3 is 2.80 bits per heavy atom. The third kappa shape index (κ3) is 2.76. The van der Waals surface area contributed by atoms with E-state index in [0.29, 0.717) is 12.2 Å². The molecule has 1 amide bonds. The maximum Gasteiger partial charge on any atom is 0.287 e. The van der Waals surface area contributed by atoms with Crippen LogP contribution in [0.5, 0.6) is 0 Å². The minimum absolute atomic E-state index is 0.0523. The van der Waals surface area contributed by atoms with Crippen molar-refractivity contribution in [2.45, 2.75) is 31.9 Å². The predicted molar refractivity (Wildman–Crippen MR) is 74.0 cm³/mol. The lowest BCUT2D eigenvalue weighted by molar-refractivity contribution is -0.384. The SMILES string of the molecule is CC1OCCC1(C)NC(=O)c1ccc([N+](=O)[O-])c(Cl)c1. The van der Waals surface area contributed by atoms with Crippen molar-refractivity contribution < 1.29 is 14.5 Å². The van der Waals surface area contributed by atoms with Gasteiger partial charge in [-0.05, 0) is 32.4 Å². The van der Waals surface area contributed by atoms with Crippen molar-refractivity contribution >= 4 is 23.2 Å². The summed E-state index contributed by atoms with van der Waals surface area (Å²) in [6.45, 7) is 4.41. The molecule has 2 unspecified atom stereocenters. The highest BCUT2D eigenvalue weighted by atomic mass is 35.5. The monoisotopic (exact) mass is 298 g/mol. The Morgan fingerprint density at radius 2 is 2.30 bits per heavy atom. The molecule has 2 rings (SSSR count). The van der Waals surface area contributed by atoms with Crippen LogP contribution in [0.3, 0.4) is 0 Å². The minimum Gasteiger partial charge on any atom is -0.376 e. The van der Waals surface area contributed by atoms with Gasteiger partial charge in [0.05, 0.1) is 16.6 Å². The zero-order chi connectivity index (χ0) is 14.9. The molecule has 1 fully saturated rings. The van der Waals surface area contributed by atoms with Crippen molar-refractivity contribution in [2.24, 2.45) is 0 Å². The van der Waals surface area contributed by atoms with Gasteiger partial charge in [-0.15, -0.1) is 0 Å². The van der Waals surface area contributed by atoms with Gasteiger partial charge in [0.25, 0.3) is 11.6 Å². The van der Waals surface area contributed by atoms with Gasteiger partial charge in [-0.2, -0.15) is 0 Å². The lowest BCUT2D eigenvalue weighted by Gasteiger charge is -2.28. The summed E-state index contributed by atoms with van der Waals surface area (Å²) in [5.74, 6) is -0.318. The first-order chi connectivity index (χ1) is 9.33. The molecule has 20 heavy (non-hydrogen) atoms. The van der Waals surface area contributed by atoms with Gasteiger partial charge in [-0.1, -0.05) is 11.6 Å². The van der Waals surface area contributed by atoms with Crippen LogP contribution in [0.15, 0.2) is 18.2 Å². The van der Waals surface area contributed by atoms with Crippen LogP contribution in [0.25, 0.3) is 0 Å². The molecule has 0 aliphatic carbocycles. The average Bonchev–Trinajstić information content (AvgIpc) is 2.68. The fourth-order valence-electron chi connectivity index (χ4n) is 2.13. The summed E-state index contributed by atoms with van der Waals surface area (Å²) in [6.07, 6.45) is 0.639. The van der Waals surface area contributed by atoms with E-state index in [9.17, 15) is 14.9 Å². The van der Waals surface area contributed by atoms with Gasteiger partial charge in [-0.3, -0.25) is 14.9 Å². The van der Waals surface area contributed by atoms with Crippen molar-refractivity contribution in [1.82, 2.24) is 5.32 Å². The summed E-state index contributed by atoms with van der Waals surface area (Å²) in [7, 11) is 0. The maximum absolute atomic E-state index is 12.2. The van der Waals surface area contributed by atoms with Crippen molar-refractivity contribution in [3.05, 3.63) is 38.9 Å². The largest absolute Gasteiger partial charge is 0.376 e. The zero-order valence-electron chi connectivity index (χ0n) is 11.2. The maximum atomic E-state index is 12.2. The van der Waals surface area contributed by atoms with E-state index in [4.69, 9.17) is 16.3 Å². The summed E-state index contributed by atoms with van der Waals surface area (Å²) in [5, 5.41) is 13.5. The molecule has 1 aromatic rings. The molecule has 1 heterocycles. The van der Waals surface area contributed by atoms with E-state index in [1.54, 1.807) is 0 Å². The molecule has 1 saturated heterocycles. The normalized spacial score (nSPS) is 25.4. The van der Waals surface area contributed by atoms with Crippen molar-refractivity contribution in [1.29, 1.82) is 0 Å². The van der Waals surface area contributed by atoms with E-state index in [0.717, 1.165) is 6.42 Å². The molecule has 6 nitrogen and oxygen atoms in total. The number of hydrogen-bond acceptors (Lipinski definition) is 4. The number of carbonyl (C=O) groups is 1. The Kier molecular flexibility index (Phi) is 3.96. The molecular formula is C13H15ClN2O4. The average molecular weight is 299 g/mol. The highest BCUT2D eigenvalue weighted by molar-refractivity contribution is 6.33. The quantitative estimate of drug-likeness (QED) is 0.687. The second-order valence-electron chi connectivity index (χ2n) is 5.06. The first kappa shape index (κ1) is 14.7. The number of nitro benzene ring substituents is 1. The summed E-state index contributed by atoms with van der Waals surface area (Å²) in [4.78, 5) is 22.3. The Bertz CT molecular complexity index is 563. The number of amides is 1. The number of hydrogen-bond donors (Lipinski definition) is 1. The Balaban J connectivity index is 2.18. The minimum atomic E-state index is -0.585. The molecule has 1 N–H and O–H groups in total. The van der Waals surface area contributed by atoms with Crippen LogP contribution < -0.4 is 5.32 Å². The second kappa shape index (κ2) is 5.38. The summed E-state index contributed by atoms with van der Waals surface area (Å²) in [5.41, 5.74) is -0.362. The number of carbonyl (C=O) groups excluding carboxylic acids is 1. The summed E-state index contributed by atoms with van der Waals surface area (Å²) in [6, 6.07) is 3.93. The molecule has 108 valence electrons. The third-order valence-corrected chi connectivity index (χ3v) is 3.99. The highest BCUT2D eigenvalue weighted by Gasteiger charge is 2.38. The fourth-order valence-corrected chi connectivity index (χ4v) is 2.38. The van der Waals surface area contributed by atoms with Gasteiger partial charge < -0.3 is 10.1 Å². The molecule has 2 atom stereocenters. The number of rotatable bonds is 3. The first-order valence-electron chi connectivity index (χ1n) is 6.21. The molecule has 1 aliphatic heterocycles. The van der Waals surface area contributed by atoms with E-state index in [1.807, 2.05) is 13.8 Å². The molecule has 0 radical (unpaired) electrons. The molecular weight excluding hydrogens is 284 g/mol. The number of nitrogens with zero attached hydrogens (tertiary/aromatic N) is 1. The van der Waals surface area contributed by atoms with Gasteiger partial charge in [0.2, 0.25) is 0 Å². The molecule has 7 heteroatoms. The predicted octanol–water partition coefficient (Wildman–Crippen LogP) is 2.55. The van der Waals surface area contributed by atoms with Crippen LogP contribution in [0.2, 0.25) is 5.02 Å². The number of halogens is 1. The highest BCUT2D eigenvalue weighted by Crippen LogP contribution is 2.27. The molecule has 1 aromatic carbocycles. The Morgan fingerprint density at radius 1 is 1.60 bits per heavy atom. The van der Waals surface area contributed by atoms with Crippen LogP contribution in [0.1, 0.15) is 30.6 Å². The van der Waals surface area contributed by atoms with Gasteiger partial charge >= 0.3 is 0 Å². The standard InChI is InChI=1S/C13H15ClN2O4/c1-8-13(2,5-6-20-8)15-12(17)9-3-4-11(16(18)19)10(14)7-9/h3-4,7-8H,5-6H2,1-2H3,(H,15,17). The van der Waals surface area contributed by atoms with Crippen LogP contribution in [-0.4, -0.2) is 29.1 Å². The fraction of sp³-hybridized carbons (Fsp3) is 0.462. The van der Waals surface area contributed by atoms with Gasteiger partial charge in [-0.25, -0.2) is 0 Å².